The van der Waals surface area contributed by atoms with Gasteiger partial charge in [0.15, 0.2) is 0 Å². The molecule has 0 radical (unpaired) electrons. The van der Waals surface area contributed by atoms with Crippen LogP contribution < -0.4 is 0 Å². The number of piperidine rings is 1. The smallest absolute Gasteiger partial charge is 0.214 e. The molecule has 1 unspecified atom stereocenters. The van der Waals surface area contributed by atoms with Crippen molar-refractivity contribution in [1.82, 2.24) is 9.21 Å². The molecule has 0 amide bonds. The summed E-state index contributed by atoms with van der Waals surface area (Å²) in [6.45, 7) is 1.93. The second-order valence-electron chi connectivity index (χ2n) is 4.82. The van der Waals surface area contributed by atoms with Crippen LogP contribution in [0.15, 0.2) is 0 Å². The summed E-state index contributed by atoms with van der Waals surface area (Å²) in [5.41, 5.74) is 0. The maximum atomic E-state index is 12.0. The second-order valence-corrected chi connectivity index (χ2v) is 6.97. The lowest BCUT2D eigenvalue weighted by molar-refractivity contribution is 0.187. The van der Waals surface area contributed by atoms with Crippen LogP contribution in [-0.2, 0) is 10.0 Å². The first kappa shape index (κ1) is 14.9. The van der Waals surface area contributed by atoms with Crippen molar-refractivity contribution in [3.63, 3.8) is 0 Å². The lowest BCUT2D eigenvalue weighted by atomic mass is 10.1. The van der Waals surface area contributed by atoms with E-state index in [-0.39, 0.29) is 18.4 Å². The van der Waals surface area contributed by atoms with Crippen LogP contribution in [0, 0.1) is 0 Å². The molecule has 17 heavy (non-hydrogen) atoms. The fourth-order valence-corrected chi connectivity index (χ4v) is 3.69. The molecule has 1 aliphatic rings. The summed E-state index contributed by atoms with van der Waals surface area (Å²) in [6, 6.07) is 0.105. The third-order valence-electron chi connectivity index (χ3n) is 3.36. The first-order valence-corrected chi connectivity index (χ1v) is 7.83. The Morgan fingerprint density at radius 1 is 1.41 bits per heavy atom. The van der Waals surface area contributed by atoms with Gasteiger partial charge in [-0.3, -0.25) is 0 Å². The van der Waals surface area contributed by atoms with Crippen LogP contribution in [-0.4, -0.2) is 68.3 Å². The summed E-state index contributed by atoms with van der Waals surface area (Å²) >= 11 is 0. The Kier molecular flexibility index (Phi) is 5.85. The molecular formula is C11H24N2O3S. The SMILES string of the molecule is CN1CCCC(N(C)S(=O)(=O)CCCCO)C1. The van der Waals surface area contributed by atoms with Gasteiger partial charge in [0.25, 0.3) is 0 Å². The quantitative estimate of drug-likeness (QED) is 0.692. The number of likely N-dealkylation sites (N-methyl/N-ethyl adjacent to an activating group) is 2. The van der Waals surface area contributed by atoms with E-state index >= 15 is 0 Å². The van der Waals surface area contributed by atoms with Crippen molar-refractivity contribution in [3.05, 3.63) is 0 Å². The lowest BCUT2D eigenvalue weighted by Gasteiger charge is -2.35. The van der Waals surface area contributed by atoms with Crippen molar-refractivity contribution in [2.45, 2.75) is 31.7 Å². The number of aliphatic hydroxyl groups is 1. The summed E-state index contributed by atoms with van der Waals surface area (Å²) in [5, 5.41) is 8.67. The molecule has 0 aromatic carbocycles. The molecule has 1 N–H and O–H groups in total. The second kappa shape index (κ2) is 6.68. The van der Waals surface area contributed by atoms with Gasteiger partial charge in [0.05, 0.1) is 5.75 Å². The number of rotatable bonds is 6. The van der Waals surface area contributed by atoms with Crippen molar-refractivity contribution < 1.29 is 13.5 Å². The zero-order valence-corrected chi connectivity index (χ0v) is 11.6. The van der Waals surface area contributed by atoms with Crippen LogP contribution >= 0.6 is 0 Å². The average Bonchev–Trinajstić information content (AvgIpc) is 2.28. The highest BCUT2D eigenvalue weighted by atomic mass is 32.2. The van der Waals surface area contributed by atoms with Crippen LogP contribution in [0.25, 0.3) is 0 Å². The van der Waals surface area contributed by atoms with Crippen molar-refractivity contribution in [2.24, 2.45) is 0 Å². The van der Waals surface area contributed by atoms with Gasteiger partial charge in [-0.05, 0) is 39.3 Å². The molecule has 6 heteroatoms. The van der Waals surface area contributed by atoms with Crippen LogP contribution in [0.3, 0.4) is 0 Å². The molecule has 102 valence electrons. The predicted octanol–water partition coefficient (Wildman–Crippen LogP) is 0.115. The van der Waals surface area contributed by atoms with E-state index in [4.69, 9.17) is 5.11 Å². The Balaban J connectivity index is 2.51. The van der Waals surface area contributed by atoms with Crippen LogP contribution in [0.5, 0.6) is 0 Å². The van der Waals surface area contributed by atoms with E-state index in [1.807, 2.05) is 7.05 Å². The Morgan fingerprint density at radius 3 is 2.71 bits per heavy atom. The highest BCUT2D eigenvalue weighted by Crippen LogP contribution is 2.17. The minimum absolute atomic E-state index is 0.0609. The number of hydrogen-bond acceptors (Lipinski definition) is 4. The van der Waals surface area contributed by atoms with E-state index in [1.54, 1.807) is 7.05 Å². The molecule has 1 rings (SSSR count). The van der Waals surface area contributed by atoms with Crippen molar-refractivity contribution >= 4 is 10.0 Å². The summed E-state index contributed by atoms with van der Waals surface area (Å²) in [6.07, 6.45) is 3.08. The van der Waals surface area contributed by atoms with E-state index < -0.39 is 10.0 Å². The highest BCUT2D eigenvalue weighted by molar-refractivity contribution is 7.89. The summed E-state index contributed by atoms with van der Waals surface area (Å²) in [7, 11) is 0.545. The minimum Gasteiger partial charge on any atom is -0.396 e. The Bertz CT molecular complexity index is 319. The highest BCUT2D eigenvalue weighted by Gasteiger charge is 2.28. The first-order chi connectivity index (χ1) is 7.97. The summed E-state index contributed by atoms with van der Waals surface area (Å²) < 4.78 is 25.6. The van der Waals surface area contributed by atoms with Crippen molar-refractivity contribution in [1.29, 1.82) is 0 Å². The molecule has 1 aliphatic heterocycles. The number of sulfonamides is 1. The van der Waals surface area contributed by atoms with Gasteiger partial charge >= 0.3 is 0 Å². The standard InChI is InChI=1S/C11H24N2O3S/c1-12-7-5-6-11(10-12)13(2)17(15,16)9-4-3-8-14/h11,14H,3-10H2,1-2H3. The molecule has 1 saturated heterocycles. The monoisotopic (exact) mass is 264 g/mol. The van der Waals surface area contributed by atoms with Gasteiger partial charge in [-0.1, -0.05) is 0 Å². The van der Waals surface area contributed by atoms with Gasteiger partial charge in [-0.2, -0.15) is 0 Å². The normalized spacial score (nSPS) is 23.2. The Labute approximate surface area is 104 Å². The fraction of sp³-hybridized carbons (Fsp3) is 1.00. The van der Waals surface area contributed by atoms with E-state index in [9.17, 15) is 8.42 Å². The largest absolute Gasteiger partial charge is 0.396 e. The molecule has 1 fully saturated rings. The molecule has 1 heterocycles. The van der Waals surface area contributed by atoms with Crippen molar-refractivity contribution in [3.8, 4) is 0 Å². The summed E-state index contributed by atoms with van der Waals surface area (Å²) in [5.74, 6) is 0.143. The molecule has 1 atom stereocenters. The maximum absolute atomic E-state index is 12.0. The van der Waals surface area contributed by atoms with Crippen LogP contribution in [0.4, 0.5) is 0 Å². The van der Waals surface area contributed by atoms with E-state index in [2.05, 4.69) is 4.90 Å². The van der Waals surface area contributed by atoms with Gasteiger partial charge in [0, 0.05) is 26.2 Å². The zero-order chi connectivity index (χ0) is 12.9. The third kappa shape index (κ3) is 4.54. The topological polar surface area (TPSA) is 60.9 Å². The number of unbranched alkanes of at least 4 members (excludes halogenated alkanes) is 1. The maximum Gasteiger partial charge on any atom is 0.214 e. The molecule has 0 spiro atoms. The fourth-order valence-electron chi connectivity index (χ4n) is 2.20. The summed E-state index contributed by atoms with van der Waals surface area (Å²) in [4.78, 5) is 2.17. The van der Waals surface area contributed by atoms with Gasteiger partial charge in [0.2, 0.25) is 10.0 Å². The van der Waals surface area contributed by atoms with Gasteiger partial charge in [-0.25, -0.2) is 12.7 Å². The zero-order valence-electron chi connectivity index (χ0n) is 10.8. The van der Waals surface area contributed by atoms with Gasteiger partial charge in [-0.15, -0.1) is 0 Å². The van der Waals surface area contributed by atoms with Crippen molar-refractivity contribution in [2.75, 3.05) is 39.5 Å². The van der Waals surface area contributed by atoms with Gasteiger partial charge < -0.3 is 10.0 Å². The average molecular weight is 264 g/mol. The first-order valence-electron chi connectivity index (χ1n) is 6.22. The molecule has 0 aromatic heterocycles. The number of aliphatic hydroxyl groups excluding tert-OH is 1. The number of nitrogens with zero attached hydrogens (tertiary/aromatic N) is 2. The van der Waals surface area contributed by atoms with Crippen LogP contribution in [0.1, 0.15) is 25.7 Å². The molecular weight excluding hydrogens is 240 g/mol. The van der Waals surface area contributed by atoms with E-state index in [0.29, 0.717) is 12.8 Å². The number of hydrogen-bond donors (Lipinski definition) is 1. The molecule has 0 aromatic rings. The molecule has 0 aliphatic carbocycles. The molecule has 5 nitrogen and oxygen atoms in total. The molecule has 0 bridgehead atoms. The Morgan fingerprint density at radius 2 is 2.12 bits per heavy atom. The van der Waals surface area contributed by atoms with E-state index in [1.165, 1.54) is 4.31 Å². The van der Waals surface area contributed by atoms with E-state index in [0.717, 1.165) is 25.9 Å². The van der Waals surface area contributed by atoms with Gasteiger partial charge in [0.1, 0.15) is 0 Å². The molecule has 0 saturated carbocycles. The number of likely N-dealkylation sites (tertiary alicyclic amines) is 1. The predicted molar refractivity (Wildman–Crippen MR) is 68.4 cm³/mol. The third-order valence-corrected chi connectivity index (χ3v) is 5.34. The lowest BCUT2D eigenvalue weighted by Crippen LogP contribution is -2.47. The minimum atomic E-state index is -3.16. The Hall–Kier alpha value is -0.170. The van der Waals surface area contributed by atoms with Crippen LogP contribution in [0.2, 0.25) is 0 Å².